The number of benzene rings is 2. The monoisotopic (exact) mass is 464 g/mol. The molecule has 9 nitrogen and oxygen atoms in total. The number of amides is 2. The Morgan fingerprint density at radius 3 is 2.47 bits per heavy atom. The van der Waals surface area contributed by atoms with Crippen molar-refractivity contribution in [3.63, 3.8) is 0 Å². The number of anilines is 1. The molecule has 0 fully saturated rings. The molecule has 0 saturated carbocycles. The van der Waals surface area contributed by atoms with Gasteiger partial charge in [0.2, 0.25) is 5.91 Å². The van der Waals surface area contributed by atoms with Crippen LogP contribution in [0.4, 0.5) is 5.69 Å². The third kappa shape index (κ3) is 6.74. The molecule has 0 radical (unpaired) electrons. The van der Waals surface area contributed by atoms with Crippen LogP contribution >= 0.6 is 0 Å². The Morgan fingerprint density at radius 2 is 1.74 bits per heavy atom. The summed E-state index contributed by atoms with van der Waals surface area (Å²) in [6.45, 7) is 5.08. The number of ether oxygens (including phenoxy) is 1. The van der Waals surface area contributed by atoms with Gasteiger partial charge in [0, 0.05) is 18.5 Å². The fourth-order valence-corrected chi connectivity index (χ4v) is 3.66. The van der Waals surface area contributed by atoms with E-state index in [0.717, 1.165) is 22.4 Å². The van der Waals surface area contributed by atoms with Gasteiger partial charge in [0.1, 0.15) is 5.82 Å². The number of fused-ring (bicyclic) bond motifs is 1. The minimum Gasteiger partial charge on any atom is -0.456 e. The maximum Gasteiger partial charge on any atom is 0.306 e. The van der Waals surface area contributed by atoms with Crippen LogP contribution in [0.15, 0.2) is 41.2 Å². The van der Waals surface area contributed by atoms with Crippen molar-refractivity contribution in [2.45, 2.75) is 40.0 Å². The van der Waals surface area contributed by atoms with Gasteiger partial charge >= 0.3 is 5.97 Å². The Hall–Kier alpha value is -4.01. The summed E-state index contributed by atoms with van der Waals surface area (Å²) < 4.78 is 4.96. The number of hydrogen-bond donors (Lipinski definition) is 3. The molecule has 34 heavy (non-hydrogen) atoms. The lowest BCUT2D eigenvalue weighted by Crippen LogP contribution is -2.35. The van der Waals surface area contributed by atoms with Gasteiger partial charge in [0.15, 0.2) is 6.61 Å². The zero-order valence-corrected chi connectivity index (χ0v) is 19.5. The van der Waals surface area contributed by atoms with Crippen molar-refractivity contribution >= 4 is 34.4 Å². The minimum absolute atomic E-state index is 0.0658. The van der Waals surface area contributed by atoms with Crippen molar-refractivity contribution in [2.75, 3.05) is 18.5 Å². The molecule has 0 aliphatic rings. The first-order chi connectivity index (χ1) is 16.2. The van der Waals surface area contributed by atoms with E-state index in [2.05, 4.69) is 20.6 Å². The zero-order chi connectivity index (χ0) is 24.7. The fraction of sp³-hybridized carbons (Fsp3) is 0.320. The van der Waals surface area contributed by atoms with Crippen LogP contribution in [0.5, 0.6) is 0 Å². The summed E-state index contributed by atoms with van der Waals surface area (Å²) in [5.74, 6) is -0.999. The summed E-state index contributed by atoms with van der Waals surface area (Å²) in [4.78, 5) is 55.2. The van der Waals surface area contributed by atoms with Gasteiger partial charge in [-0.05, 0) is 50.5 Å². The molecule has 0 atom stereocenters. The minimum atomic E-state index is -0.568. The van der Waals surface area contributed by atoms with Crippen molar-refractivity contribution in [3.05, 3.63) is 69.3 Å². The predicted molar refractivity (Wildman–Crippen MR) is 129 cm³/mol. The summed E-state index contributed by atoms with van der Waals surface area (Å²) in [7, 11) is 0. The van der Waals surface area contributed by atoms with Crippen LogP contribution in [0.25, 0.3) is 10.9 Å². The molecule has 0 aliphatic heterocycles. The molecule has 0 unspecified atom stereocenters. The first-order valence-corrected chi connectivity index (χ1v) is 11.0. The number of rotatable bonds is 9. The second-order valence-corrected chi connectivity index (χ2v) is 8.14. The number of aromatic nitrogens is 2. The van der Waals surface area contributed by atoms with Crippen LogP contribution < -0.4 is 16.2 Å². The standard InChI is InChI=1S/C25H28N4O5/c1-15-11-16(2)24(17(3)12-15)29-21(30)13-26-22(31)14-34-23(32)10-6-9-20-27-19-8-5-4-7-18(19)25(33)28-20/h4-5,7-8,11-12H,6,9-10,13-14H2,1-3H3,(H,26,31)(H,29,30)(H,27,28,33). The summed E-state index contributed by atoms with van der Waals surface area (Å²) in [6.07, 6.45) is 0.856. The van der Waals surface area contributed by atoms with Gasteiger partial charge in [-0.25, -0.2) is 4.98 Å². The van der Waals surface area contributed by atoms with E-state index >= 15 is 0 Å². The van der Waals surface area contributed by atoms with Gasteiger partial charge in [-0.2, -0.15) is 0 Å². The summed E-state index contributed by atoms with van der Waals surface area (Å²) in [6, 6.07) is 11.0. The highest BCUT2D eigenvalue weighted by atomic mass is 16.5. The number of aromatic amines is 1. The summed E-state index contributed by atoms with van der Waals surface area (Å²) in [5, 5.41) is 5.74. The molecule has 0 saturated heterocycles. The summed E-state index contributed by atoms with van der Waals surface area (Å²) >= 11 is 0. The molecule has 0 spiro atoms. The van der Waals surface area contributed by atoms with Gasteiger partial charge in [-0.3, -0.25) is 19.2 Å². The van der Waals surface area contributed by atoms with E-state index < -0.39 is 18.5 Å². The van der Waals surface area contributed by atoms with Gasteiger partial charge in [-0.1, -0.05) is 29.8 Å². The van der Waals surface area contributed by atoms with Crippen molar-refractivity contribution in [1.29, 1.82) is 0 Å². The Kier molecular flexibility index (Phi) is 8.13. The number of nitrogens with zero attached hydrogens (tertiary/aromatic N) is 1. The molecule has 3 N–H and O–H groups in total. The Bertz CT molecular complexity index is 1260. The van der Waals surface area contributed by atoms with Crippen molar-refractivity contribution in [1.82, 2.24) is 15.3 Å². The first kappa shape index (κ1) is 24.6. The highest BCUT2D eigenvalue weighted by Crippen LogP contribution is 2.21. The van der Waals surface area contributed by atoms with Crippen molar-refractivity contribution < 1.29 is 19.1 Å². The van der Waals surface area contributed by atoms with Crippen molar-refractivity contribution in [2.24, 2.45) is 0 Å². The molecule has 1 aromatic heterocycles. The van der Waals surface area contributed by atoms with Crippen LogP contribution in [0.3, 0.4) is 0 Å². The lowest BCUT2D eigenvalue weighted by Gasteiger charge is -2.13. The third-order valence-corrected chi connectivity index (χ3v) is 5.21. The molecular weight excluding hydrogens is 436 g/mol. The van der Waals surface area contributed by atoms with E-state index in [1.165, 1.54) is 0 Å². The maximum absolute atomic E-state index is 12.2. The normalized spacial score (nSPS) is 10.7. The van der Waals surface area contributed by atoms with E-state index in [0.29, 0.717) is 29.6 Å². The van der Waals surface area contributed by atoms with Crippen LogP contribution in [-0.2, 0) is 25.5 Å². The number of nitrogens with one attached hydrogen (secondary N) is 3. The number of carbonyl (C=O) groups excluding carboxylic acids is 3. The molecule has 3 rings (SSSR count). The molecule has 178 valence electrons. The highest BCUT2D eigenvalue weighted by molar-refractivity contribution is 5.96. The van der Waals surface area contributed by atoms with Gasteiger partial charge in [0.25, 0.3) is 11.5 Å². The Morgan fingerprint density at radius 1 is 1.03 bits per heavy atom. The average Bonchev–Trinajstić information content (AvgIpc) is 2.78. The number of hydrogen-bond acceptors (Lipinski definition) is 6. The van der Waals surface area contributed by atoms with E-state index in [1.807, 2.05) is 32.9 Å². The number of carbonyl (C=O) groups is 3. The predicted octanol–water partition coefficient (Wildman–Crippen LogP) is 2.47. The number of para-hydroxylation sites is 1. The Balaban J connectivity index is 1.37. The molecule has 3 aromatic rings. The average molecular weight is 465 g/mol. The number of H-pyrrole nitrogens is 1. The van der Waals surface area contributed by atoms with E-state index in [-0.39, 0.29) is 24.4 Å². The highest BCUT2D eigenvalue weighted by Gasteiger charge is 2.12. The van der Waals surface area contributed by atoms with Crippen LogP contribution in [0.2, 0.25) is 0 Å². The molecule has 2 aromatic carbocycles. The van der Waals surface area contributed by atoms with Gasteiger partial charge in [0.05, 0.1) is 17.4 Å². The fourth-order valence-electron chi connectivity index (χ4n) is 3.66. The lowest BCUT2D eigenvalue weighted by molar-refractivity contribution is -0.148. The largest absolute Gasteiger partial charge is 0.456 e. The lowest BCUT2D eigenvalue weighted by atomic mass is 10.1. The van der Waals surface area contributed by atoms with Gasteiger partial charge < -0.3 is 20.4 Å². The third-order valence-electron chi connectivity index (χ3n) is 5.21. The molecular formula is C25H28N4O5. The van der Waals surface area contributed by atoms with Crippen LogP contribution in [0, 0.1) is 20.8 Å². The first-order valence-electron chi connectivity index (χ1n) is 11.0. The zero-order valence-electron chi connectivity index (χ0n) is 19.5. The maximum atomic E-state index is 12.2. The topological polar surface area (TPSA) is 130 Å². The Labute approximate surface area is 196 Å². The molecule has 1 heterocycles. The van der Waals surface area contributed by atoms with E-state index in [9.17, 15) is 19.2 Å². The quantitative estimate of drug-likeness (QED) is 0.417. The molecule has 9 heteroatoms. The molecule has 2 amide bonds. The molecule has 0 aliphatic carbocycles. The SMILES string of the molecule is Cc1cc(C)c(NC(=O)CNC(=O)COC(=O)CCCc2nc3ccccc3c(=O)[nH]2)c(C)c1. The van der Waals surface area contributed by atoms with Crippen LogP contribution in [0.1, 0.15) is 35.4 Å². The van der Waals surface area contributed by atoms with E-state index in [4.69, 9.17) is 4.74 Å². The summed E-state index contributed by atoms with van der Waals surface area (Å²) in [5.41, 5.74) is 4.07. The second-order valence-electron chi connectivity index (χ2n) is 8.14. The molecule has 0 bridgehead atoms. The number of esters is 1. The van der Waals surface area contributed by atoms with Gasteiger partial charge in [-0.15, -0.1) is 0 Å². The van der Waals surface area contributed by atoms with E-state index in [1.54, 1.807) is 24.3 Å². The van der Waals surface area contributed by atoms with Crippen molar-refractivity contribution in [3.8, 4) is 0 Å². The smallest absolute Gasteiger partial charge is 0.306 e. The van der Waals surface area contributed by atoms with Crippen LogP contribution in [-0.4, -0.2) is 40.9 Å². The number of aryl methyl sites for hydroxylation is 4. The second kappa shape index (κ2) is 11.2.